The molecule has 1 atom stereocenters. The standard InChI is InChI=1S/C11H19N3O2S2/c1-7(2)10-12-13-11(18-6-9(15)16)14(10)5-8(3)17-4/h7-8H,5-6H2,1-4H3,(H,15,16). The van der Waals surface area contributed by atoms with Gasteiger partial charge in [-0.3, -0.25) is 4.79 Å². The van der Waals surface area contributed by atoms with Crippen LogP contribution in [0.4, 0.5) is 0 Å². The molecule has 1 heterocycles. The van der Waals surface area contributed by atoms with E-state index in [4.69, 9.17) is 5.11 Å². The fourth-order valence-corrected chi connectivity index (χ4v) is 2.44. The molecule has 0 fully saturated rings. The number of carboxylic acids is 1. The van der Waals surface area contributed by atoms with Crippen molar-refractivity contribution in [3.63, 3.8) is 0 Å². The van der Waals surface area contributed by atoms with Crippen LogP contribution in [0, 0.1) is 0 Å². The number of carboxylic acid groups (broad SMARTS) is 1. The topological polar surface area (TPSA) is 68.0 Å². The highest BCUT2D eigenvalue weighted by Gasteiger charge is 2.17. The number of nitrogens with zero attached hydrogens (tertiary/aromatic N) is 3. The first kappa shape index (κ1) is 15.4. The lowest BCUT2D eigenvalue weighted by atomic mass is 10.2. The summed E-state index contributed by atoms with van der Waals surface area (Å²) < 4.78 is 2.04. The van der Waals surface area contributed by atoms with E-state index in [1.165, 1.54) is 11.8 Å². The van der Waals surface area contributed by atoms with E-state index in [0.29, 0.717) is 10.4 Å². The third-order valence-corrected chi connectivity index (χ3v) is 4.33. The number of aromatic nitrogens is 3. The first-order valence-electron chi connectivity index (χ1n) is 5.76. The second kappa shape index (κ2) is 7.04. The van der Waals surface area contributed by atoms with Gasteiger partial charge in [0.2, 0.25) is 0 Å². The van der Waals surface area contributed by atoms with E-state index in [-0.39, 0.29) is 11.7 Å². The molecule has 1 aromatic rings. The Bertz CT molecular complexity index is 407. The zero-order chi connectivity index (χ0) is 13.7. The monoisotopic (exact) mass is 289 g/mol. The molecule has 0 saturated carbocycles. The first-order chi connectivity index (χ1) is 8.45. The summed E-state index contributed by atoms with van der Waals surface area (Å²) in [6.07, 6.45) is 2.06. The average Bonchev–Trinajstić information content (AvgIpc) is 2.69. The fraction of sp³-hybridized carbons (Fsp3) is 0.727. The lowest BCUT2D eigenvalue weighted by Gasteiger charge is -2.15. The Morgan fingerprint density at radius 3 is 2.56 bits per heavy atom. The van der Waals surface area contributed by atoms with E-state index in [9.17, 15) is 4.79 Å². The Kier molecular flexibility index (Phi) is 6.01. The van der Waals surface area contributed by atoms with Gasteiger partial charge in [-0.15, -0.1) is 10.2 Å². The number of aliphatic carboxylic acids is 1. The molecule has 1 aromatic heterocycles. The lowest BCUT2D eigenvalue weighted by Crippen LogP contribution is -2.14. The van der Waals surface area contributed by atoms with E-state index in [1.54, 1.807) is 11.8 Å². The molecule has 0 aliphatic rings. The maximum Gasteiger partial charge on any atom is 0.313 e. The first-order valence-corrected chi connectivity index (χ1v) is 8.03. The Labute approximate surface area is 116 Å². The minimum Gasteiger partial charge on any atom is -0.481 e. The quantitative estimate of drug-likeness (QED) is 0.777. The molecular formula is C11H19N3O2S2. The van der Waals surface area contributed by atoms with Crippen LogP contribution in [0.1, 0.15) is 32.5 Å². The minimum atomic E-state index is -0.835. The molecule has 1 N–H and O–H groups in total. The molecule has 102 valence electrons. The molecule has 0 amide bonds. The zero-order valence-corrected chi connectivity index (χ0v) is 12.7. The van der Waals surface area contributed by atoms with Crippen LogP contribution >= 0.6 is 23.5 Å². The van der Waals surface area contributed by atoms with Crippen molar-refractivity contribution in [2.45, 2.75) is 43.6 Å². The summed E-state index contributed by atoms with van der Waals surface area (Å²) in [6.45, 7) is 7.08. The fourth-order valence-electron chi connectivity index (χ4n) is 1.46. The van der Waals surface area contributed by atoms with Crippen LogP contribution in [0.5, 0.6) is 0 Å². The largest absolute Gasteiger partial charge is 0.481 e. The molecular weight excluding hydrogens is 270 g/mol. The van der Waals surface area contributed by atoms with Crippen LogP contribution < -0.4 is 0 Å². The maximum absolute atomic E-state index is 10.6. The number of thioether (sulfide) groups is 2. The van der Waals surface area contributed by atoms with Gasteiger partial charge in [-0.1, -0.05) is 32.5 Å². The predicted octanol–water partition coefficient (Wildman–Crippen LogP) is 2.33. The SMILES string of the molecule is CSC(C)Cn1c(SCC(=O)O)nnc1C(C)C. The van der Waals surface area contributed by atoms with Crippen molar-refractivity contribution in [2.75, 3.05) is 12.0 Å². The smallest absolute Gasteiger partial charge is 0.313 e. The van der Waals surface area contributed by atoms with Gasteiger partial charge in [-0.25, -0.2) is 0 Å². The molecule has 0 bridgehead atoms. The maximum atomic E-state index is 10.6. The highest BCUT2D eigenvalue weighted by molar-refractivity contribution is 7.99. The second-order valence-electron chi connectivity index (χ2n) is 4.33. The van der Waals surface area contributed by atoms with Crippen molar-refractivity contribution in [3.05, 3.63) is 5.82 Å². The molecule has 0 radical (unpaired) electrons. The third-order valence-electron chi connectivity index (χ3n) is 2.43. The summed E-state index contributed by atoms with van der Waals surface area (Å²) in [5.74, 6) is 0.386. The zero-order valence-electron chi connectivity index (χ0n) is 11.1. The van der Waals surface area contributed by atoms with Crippen LogP contribution in [-0.2, 0) is 11.3 Å². The van der Waals surface area contributed by atoms with E-state index in [0.717, 1.165) is 12.4 Å². The highest BCUT2D eigenvalue weighted by Crippen LogP contribution is 2.23. The van der Waals surface area contributed by atoms with Crippen molar-refractivity contribution in [2.24, 2.45) is 0 Å². The van der Waals surface area contributed by atoms with E-state index in [1.807, 2.05) is 4.57 Å². The average molecular weight is 289 g/mol. The van der Waals surface area contributed by atoms with Gasteiger partial charge < -0.3 is 9.67 Å². The van der Waals surface area contributed by atoms with Crippen molar-refractivity contribution in [1.82, 2.24) is 14.8 Å². The highest BCUT2D eigenvalue weighted by atomic mass is 32.2. The minimum absolute atomic E-state index is 0.0177. The second-order valence-corrected chi connectivity index (χ2v) is 6.55. The third kappa shape index (κ3) is 4.20. The van der Waals surface area contributed by atoms with Gasteiger partial charge in [0.05, 0.1) is 5.75 Å². The molecule has 7 heteroatoms. The Balaban J connectivity index is 2.91. The summed E-state index contributed by atoms with van der Waals surface area (Å²) in [7, 11) is 0. The predicted molar refractivity (Wildman–Crippen MR) is 75.4 cm³/mol. The van der Waals surface area contributed by atoms with Gasteiger partial charge in [0, 0.05) is 17.7 Å². The van der Waals surface area contributed by atoms with E-state index < -0.39 is 5.97 Å². The Morgan fingerprint density at radius 2 is 2.06 bits per heavy atom. The van der Waals surface area contributed by atoms with Crippen LogP contribution in [0.3, 0.4) is 0 Å². The van der Waals surface area contributed by atoms with Gasteiger partial charge in [0.15, 0.2) is 5.16 Å². The van der Waals surface area contributed by atoms with Gasteiger partial charge in [-0.05, 0) is 6.26 Å². The molecule has 18 heavy (non-hydrogen) atoms. The van der Waals surface area contributed by atoms with Crippen molar-refractivity contribution in [1.29, 1.82) is 0 Å². The normalized spacial score (nSPS) is 12.9. The summed E-state index contributed by atoms with van der Waals surface area (Å²) >= 11 is 3.00. The molecule has 5 nitrogen and oxygen atoms in total. The van der Waals surface area contributed by atoms with Gasteiger partial charge in [0.1, 0.15) is 5.82 Å². The Morgan fingerprint density at radius 1 is 1.39 bits per heavy atom. The van der Waals surface area contributed by atoms with E-state index >= 15 is 0 Å². The summed E-state index contributed by atoms with van der Waals surface area (Å²) in [4.78, 5) is 10.6. The number of hydrogen-bond donors (Lipinski definition) is 1. The number of carbonyl (C=O) groups is 1. The molecule has 1 unspecified atom stereocenters. The molecule has 0 aliphatic carbocycles. The van der Waals surface area contributed by atoms with E-state index in [2.05, 4.69) is 37.2 Å². The van der Waals surface area contributed by atoms with Crippen LogP contribution in [-0.4, -0.2) is 43.1 Å². The van der Waals surface area contributed by atoms with Crippen LogP contribution in [0.2, 0.25) is 0 Å². The van der Waals surface area contributed by atoms with Crippen molar-refractivity contribution >= 4 is 29.5 Å². The molecule has 1 rings (SSSR count). The number of hydrogen-bond acceptors (Lipinski definition) is 5. The lowest BCUT2D eigenvalue weighted by molar-refractivity contribution is -0.133. The summed E-state index contributed by atoms with van der Waals surface area (Å²) in [5.41, 5.74) is 0. The summed E-state index contributed by atoms with van der Waals surface area (Å²) in [5, 5.41) is 18.1. The molecule has 0 aromatic carbocycles. The van der Waals surface area contributed by atoms with Gasteiger partial charge in [-0.2, -0.15) is 11.8 Å². The summed E-state index contributed by atoms with van der Waals surface area (Å²) in [6, 6.07) is 0. The van der Waals surface area contributed by atoms with Crippen LogP contribution in [0.25, 0.3) is 0 Å². The van der Waals surface area contributed by atoms with Crippen molar-refractivity contribution in [3.8, 4) is 0 Å². The van der Waals surface area contributed by atoms with Crippen molar-refractivity contribution < 1.29 is 9.90 Å². The molecule has 0 aliphatic heterocycles. The Hall–Kier alpha value is -0.690. The molecule has 0 saturated heterocycles. The van der Waals surface area contributed by atoms with Gasteiger partial charge >= 0.3 is 5.97 Å². The molecule has 0 spiro atoms. The van der Waals surface area contributed by atoms with Crippen LogP contribution in [0.15, 0.2) is 5.16 Å². The van der Waals surface area contributed by atoms with Gasteiger partial charge in [0.25, 0.3) is 0 Å². The number of rotatable bonds is 7.